The molecule has 20 heavy (non-hydrogen) atoms. The van der Waals surface area contributed by atoms with Crippen LogP contribution in [0.5, 0.6) is 0 Å². The van der Waals surface area contributed by atoms with Crippen LogP contribution in [0.3, 0.4) is 0 Å². The zero-order valence-electron chi connectivity index (χ0n) is 12.7. The van der Waals surface area contributed by atoms with Crippen molar-refractivity contribution in [2.45, 2.75) is 40.5 Å². The summed E-state index contributed by atoms with van der Waals surface area (Å²) in [6.45, 7) is 8.76. The molecule has 2 amide bonds. The van der Waals surface area contributed by atoms with Gasteiger partial charge in [-0.1, -0.05) is 19.9 Å². The predicted molar refractivity (Wildman–Crippen MR) is 81.6 cm³/mol. The lowest BCUT2D eigenvalue weighted by Gasteiger charge is -2.09. The van der Waals surface area contributed by atoms with E-state index in [0.717, 1.165) is 23.2 Å². The topological polar surface area (TPSA) is 58.2 Å². The predicted octanol–water partition coefficient (Wildman–Crippen LogP) is 2.79. The van der Waals surface area contributed by atoms with Gasteiger partial charge in [0.1, 0.15) is 6.42 Å². The van der Waals surface area contributed by atoms with Gasteiger partial charge >= 0.3 is 0 Å². The van der Waals surface area contributed by atoms with Crippen molar-refractivity contribution in [1.82, 2.24) is 5.32 Å². The fourth-order valence-electron chi connectivity index (χ4n) is 1.96. The normalized spacial score (nSPS) is 10.4. The fraction of sp³-hybridized carbons (Fsp3) is 0.500. The van der Waals surface area contributed by atoms with Crippen LogP contribution in [0.2, 0.25) is 0 Å². The smallest absolute Gasteiger partial charge is 0.233 e. The van der Waals surface area contributed by atoms with E-state index in [1.807, 2.05) is 32.0 Å². The van der Waals surface area contributed by atoms with Crippen molar-refractivity contribution in [3.63, 3.8) is 0 Å². The standard InChI is InChI=1S/C16H24N2O2/c1-11(2)5-6-17-15(19)10-16(20)18-14-8-12(3)7-13(4)9-14/h7-9,11H,5-6,10H2,1-4H3,(H,17,19)(H,18,20). The van der Waals surface area contributed by atoms with Gasteiger partial charge in [0.05, 0.1) is 0 Å². The Kier molecular flexibility index (Phi) is 6.22. The van der Waals surface area contributed by atoms with Gasteiger partial charge in [0.25, 0.3) is 0 Å². The van der Waals surface area contributed by atoms with E-state index in [0.29, 0.717) is 12.5 Å². The van der Waals surface area contributed by atoms with Gasteiger partial charge in [0.15, 0.2) is 0 Å². The summed E-state index contributed by atoms with van der Waals surface area (Å²) < 4.78 is 0. The summed E-state index contributed by atoms with van der Waals surface area (Å²) in [5, 5.41) is 5.51. The van der Waals surface area contributed by atoms with Gasteiger partial charge in [-0.15, -0.1) is 0 Å². The summed E-state index contributed by atoms with van der Waals surface area (Å²) in [5.41, 5.74) is 2.91. The average Bonchev–Trinajstić information content (AvgIpc) is 2.25. The van der Waals surface area contributed by atoms with Crippen LogP contribution in [0, 0.1) is 19.8 Å². The molecule has 0 atom stereocenters. The molecule has 0 aromatic heterocycles. The molecule has 0 aliphatic rings. The summed E-state index contributed by atoms with van der Waals surface area (Å²) in [7, 11) is 0. The third-order valence-electron chi connectivity index (χ3n) is 2.87. The molecule has 1 aromatic rings. The molecule has 0 fully saturated rings. The molecule has 0 saturated carbocycles. The molecule has 110 valence electrons. The third kappa shape index (κ3) is 6.36. The lowest BCUT2D eigenvalue weighted by Crippen LogP contribution is -2.29. The van der Waals surface area contributed by atoms with Gasteiger partial charge in [0.2, 0.25) is 11.8 Å². The molecular weight excluding hydrogens is 252 g/mol. The molecule has 0 saturated heterocycles. The first-order chi connectivity index (χ1) is 9.36. The van der Waals surface area contributed by atoms with Crippen LogP contribution < -0.4 is 10.6 Å². The Bertz CT molecular complexity index is 461. The fourth-order valence-corrected chi connectivity index (χ4v) is 1.96. The van der Waals surface area contributed by atoms with Gasteiger partial charge in [0, 0.05) is 12.2 Å². The number of anilines is 1. The minimum atomic E-state index is -0.281. The summed E-state index contributed by atoms with van der Waals surface area (Å²) in [5.74, 6) is 0.0315. The van der Waals surface area contributed by atoms with E-state index >= 15 is 0 Å². The third-order valence-corrected chi connectivity index (χ3v) is 2.87. The van der Waals surface area contributed by atoms with Gasteiger partial charge < -0.3 is 10.6 Å². The second kappa shape index (κ2) is 7.68. The first kappa shape index (κ1) is 16.2. The molecular formula is C16H24N2O2. The highest BCUT2D eigenvalue weighted by atomic mass is 16.2. The molecule has 0 bridgehead atoms. The second-order valence-corrected chi connectivity index (χ2v) is 5.63. The Morgan fingerprint density at radius 1 is 1.05 bits per heavy atom. The zero-order chi connectivity index (χ0) is 15.1. The molecule has 1 rings (SSSR count). The molecule has 0 aliphatic heterocycles. The van der Waals surface area contributed by atoms with Crippen molar-refractivity contribution in [1.29, 1.82) is 0 Å². The highest BCUT2D eigenvalue weighted by molar-refractivity contribution is 6.03. The lowest BCUT2D eigenvalue weighted by molar-refractivity contribution is -0.126. The number of benzene rings is 1. The van der Waals surface area contributed by atoms with Crippen molar-refractivity contribution in [3.8, 4) is 0 Å². The molecule has 0 heterocycles. The molecule has 4 heteroatoms. The number of carbonyl (C=O) groups excluding carboxylic acids is 2. The first-order valence-electron chi connectivity index (χ1n) is 7.01. The highest BCUT2D eigenvalue weighted by Crippen LogP contribution is 2.13. The Labute approximate surface area is 121 Å². The van der Waals surface area contributed by atoms with Crippen LogP contribution in [0.1, 0.15) is 37.8 Å². The van der Waals surface area contributed by atoms with E-state index in [1.54, 1.807) is 0 Å². The van der Waals surface area contributed by atoms with Crippen LogP contribution in [0.25, 0.3) is 0 Å². The minimum Gasteiger partial charge on any atom is -0.356 e. The molecule has 2 N–H and O–H groups in total. The summed E-state index contributed by atoms with van der Waals surface area (Å²) >= 11 is 0. The van der Waals surface area contributed by atoms with Crippen LogP contribution >= 0.6 is 0 Å². The van der Waals surface area contributed by atoms with E-state index in [1.165, 1.54) is 0 Å². The second-order valence-electron chi connectivity index (χ2n) is 5.63. The van der Waals surface area contributed by atoms with Crippen LogP contribution in [0.4, 0.5) is 5.69 Å². The van der Waals surface area contributed by atoms with E-state index < -0.39 is 0 Å². The Balaban J connectivity index is 2.41. The van der Waals surface area contributed by atoms with Crippen LogP contribution in [0.15, 0.2) is 18.2 Å². The van der Waals surface area contributed by atoms with Crippen molar-refractivity contribution in [2.24, 2.45) is 5.92 Å². The summed E-state index contributed by atoms with van der Waals surface area (Å²) in [6, 6.07) is 5.82. The molecule has 1 aromatic carbocycles. The van der Waals surface area contributed by atoms with Crippen molar-refractivity contribution in [3.05, 3.63) is 29.3 Å². The summed E-state index contributed by atoms with van der Waals surface area (Å²) in [6.07, 6.45) is 0.787. The number of amides is 2. The first-order valence-corrected chi connectivity index (χ1v) is 7.01. The molecule has 0 unspecified atom stereocenters. The monoisotopic (exact) mass is 276 g/mol. The summed E-state index contributed by atoms with van der Waals surface area (Å²) in [4.78, 5) is 23.4. The van der Waals surface area contributed by atoms with Crippen LogP contribution in [-0.4, -0.2) is 18.4 Å². The number of hydrogen-bond acceptors (Lipinski definition) is 2. The lowest BCUT2D eigenvalue weighted by atomic mass is 10.1. The van der Waals surface area contributed by atoms with Crippen molar-refractivity contribution < 1.29 is 9.59 Å². The average molecular weight is 276 g/mol. The number of aryl methyl sites for hydroxylation is 2. The van der Waals surface area contributed by atoms with E-state index in [2.05, 4.69) is 24.5 Å². The number of nitrogens with one attached hydrogen (secondary N) is 2. The van der Waals surface area contributed by atoms with Crippen LogP contribution in [-0.2, 0) is 9.59 Å². The van der Waals surface area contributed by atoms with E-state index in [9.17, 15) is 9.59 Å². The minimum absolute atomic E-state index is 0.134. The van der Waals surface area contributed by atoms with Crippen molar-refractivity contribution in [2.75, 3.05) is 11.9 Å². The van der Waals surface area contributed by atoms with Gasteiger partial charge in [-0.25, -0.2) is 0 Å². The number of carbonyl (C=O) groups is 2. The Hall–Kier alpha value is -1.84. The SMILES string of the molecule is Cc1cc(C)cc(NC(=O)CC(=O)NCCC(C)C)c1. The Morgan fingerprint density at radius 3 is 2.20 bits per heavy atom. The van der Waals surface area contributed by atoms with Gasteiger partial charge in [-0.2, -0.15) is 0 Å². The molecule has 0 aliphatic carbocycles. The molecule has 4 nitrogen and oxygen atoms in total. The van der Waals surface area contributed by atoms with Crippen molar-refractivity contribution >= 4 is 17.5 Å². The molecule has 0 radical (unpaired) electrons. The van der Waals surface area contributed by atoms with E-state index in [-0.39, 0.29) is 18.2 Å². The maximum atomic E-state index is 11.8. The highest BCUT2D eigenvalue weighted by Gasteiger charge is 2.09. The maximum Gasteiger partial charge on any atom is 0.233 e. The quantitative estimate of drug-likeness (QED) is 0.785. The Morgan fingerprint density at radius 2 is 1.65 bits per heavy atom. The van der Waals surface area contributed by atoms with Gasteiger partial charge in [-0.3, -0.25) is 9.59 Å². The zero-order valence-corrected chi connectivity index (χ0v) is 12.7. The van der Waals surface area contributed by atoms with Gasteiger partial charge in [-0.05, 0) is 49.4 Å². The maximum absolute atomic E-state index is 11.8. The number of hydrogen-bond donors (Lipinski definition) is 2. The molecule has 0 spiro atoms. The number of rotatable bonds is 6. The largest absolute Gasteiger partial charge is 0.356 e. The van der Waals surface area contributed by atoms with E-state index in [4.69, 9.17) is 0 Å².